The molecule has 0 bridgehead atoms. The molecule has 2 aliphatic rings. The predicted octanol–water partition coefficient (Wildman–Crippen LogP) is 1.53. The largest absolute Gasteiger partial charge is 3.00 e. The van der Waals surface area contributed by atoms with Crippen LogP contribution in [0.5, 0.6) is 0 Å². The normalized spacial score (nSPS) is 12.6. The van der Waals surface area contributed by atoms with Gasteiger partial charge in [0.1, 0.15) is 0 Å². The molecule has 2 atom stereocenters. The molecule has 4 aromatic heterocycles. The molecule has 2 radical (unpaired) electrons. The van der Waals surface area contributed by atoms with E-state index in [9.17, 15) is 8.42 Å². The third-order valence-electron chi connectivity index (χ3n) is 4.66. The summed E-state index contributed by atoms with van der Waals surface area (Å²) in [6.07, 6.45) is 6.51. The second-order valence-electron chi connectivity index (χ2n) is 8.55. The third kappa shape index (κ3) is 38.4. The summed E-state index contributed by atoms with van der Waals surface area (Å²) in [5, 5.41) is 73.6. The molecule has 0 spiro atoms. The van der Waals surface area contributed by atoms with Gasteiger partial charge < -0.3 is 91.7 Å². The van der Waals surface area contributed by atoms with Crippen LogP contribution < -0.4 is 0 Å². The first-order valence-corrected chi connectivity index (χ1v) is 16.7. The zero-order chi connectivity index (χ0) is 45.9. The van der Waals surface area contributed by atoms with Crippen molar-refractivity contribution in [3.63, 3.8) is 0 Å². The Balaban J connectivity index is -0.000000174. The molecule has 6 N–H and O–H groups in total. The predicted molar refractivity (Wildman–Crippen MR) is 220 cm³/mol. The number of hydrogen-bond donors (Lipinski definition) is 0. The molecule has 0 saturated carbocycles. The molecule has 0 saturated heterocycles. The molecule has 4 aromatic rings. The maximum absolute atomic E-state index is 11.7. The first-order chi connectivity index (χ1) is 28.4. The van der Waals surface area contributed by atoms with Gasteiger partial charge in [0.15, 0.2) is 22.3 Å². The van der Waals surface area contributed by atoms with Crippen molar-refractivity contribution in [2.75, 3.05) is 0 Å². The Morgan fingerprint density at radius 2 is 0.688 bits per heavy atom. The van der Waals surface area contributed by atoms with Crippen molar-refractivity contribution in [1.29, 1.82) is 10.5 Å². The third-order valence-corrected chi connectivity index (χ3v) is 5.97. The maximum atomic E-state index is 11.7. The van der Waals surface area contributed by atoms with Crippen molar-refractivity contribution >= 4 is 45.7 Å². The number of hydrogen-bond acceptors (Lipinski definition) is 22. The number of aromatic nitrogens is 4. The summed E-state index contributed by atoms with van der Waals surface area (Å²) >= 11 is -3.40. The molecule has 0 fully saturated rings. The molecule has 6 rings (SSSR count). The summed E-state index contributed by atoms with van der Waals surface area (Å²) in [7, 11) is 0. The van der Waals surface area contributed by atoms with Gasteiger partial charge in [-0.1, -0.05) is 24.3 Å². The summed E-state index contributed by atoms with van der Waals surface area (Å²) < 4.78 is 38.8. The van der Waals surface area contributed by atoms with Gasteiger partial charge in [-0.2, -0.15) is 19.3 Å². The number of nitriles is 2. The molecule has 0 aromatic carbocycles. The summed E-state index contributed by atoms with van der Waals surface area (Å²) in [5.41, 5.74) is 2.22. The second kappa shape index (κ2) is 43.1. The Morgan fingerprint density at radius 1 is 0.484 bits per heavy atom. The smallest absolute Gasteiger partial charge is 0.457 e. The molecule has 0 amide bonds. The average Bonchev–Trinajstić information content (AvgIpc) is 3.19. The van der Waals surface area contributed by atoms with Gasteiger partial charge in [0.2, 0.25) is 0 Å². The van der Waals surface area contributed by atoms with E-state index < -0.39 is 42.7 Å². The quantitative estimate of drug-likeness (QED) is 0.159. The average molecular weight is 1230 g/mol. The molecule has 0 aliphatic carbocycles. The maximum Gasteiger partial charge on any atom is 3.00 e. The molecule has 32 nitrogen and oxygen atoms in total. The van der Waals surface area contributed by atoms with E-state index in [1.807, 2.05) is 24.3 Å². The topological polar surface area (TPSA) is 542 Å². The molecule has 6 heterocycles. The van der Waals surface area contributed by atoms with Gasteiger partial charge in [-0.05, 0) is 60.2 Å². The number of aliphatic imine (C=N–C) groups is 2. The fraction of sp³-hybridized carbons (Fsp3) is 0.0714. The molecule has 64 heavy (non-hydrogen) atoms. The molecule has 0 unspecified atom stereocenters. The van der Waals surface area contributed by atoms with Gasteiger partial charge in [-0.15, -0.1) is 0 Å². The molecular formula is C28H28Dy2N16O16S2+2. The Kier molecular flexibility index (Phi) is 46.5. The fourth-order valence-corrected chi connectivity index (χ4v) is 4.23. The second-order valence-corrected chi connectivity index (χ2v) is 10.2. The van der Waals surface area contributed by atoms with Gasteiger partial charge in [-0.3, -0.25) is 19.9 Å². The monoisotopic (exact) mass is 1240 g/mol. The van der Waals surface area contributed by atoms with Crippen molar-refractivity contribution in [2.24, 2.45) is 18.8 Å². The van der Waals surface area contributed by atoms with Gasteiger partial charge in [0, 0.05) is 38.6 Å². The van der Waals surface area contributed by atoms with Crippen molar-refractivity contribution in [2.45, 2.75) is 13.8 Å². The molecule has 2 aliphatic heterocycles. The Morgan fingerprint density at radius 3 is 0.875 bits per heavy atom. The van der Waals surface area contributed by atoms with Gasteiger partial charge >= 0.3 is 76.3 Å². The molecule has 346 valence electrons. The number of nitrogens with zero attached hydrogens (tertiary/aromatic N) is 16. The van der Waals surface area contributed by atoms with E-state index in [4.69, 9.17) is 71.8 Å². The van der Waals surface area contributed by atoms with Crippen LogP contribution in [0, 0.1) is 160 Å². The van der Waals surface area contributed by atoms with Crippen molar-refractivity contribution in [3.05, 3.63) is 191 Å². The minimum Gasteiger partial charge on any atom is -0.457 e. The van der Waals surface area contributed by atoms with Crippen LogP contribution in [0.25, 0.3) is 9.44 Å². The zero-order valence-electron chi connectivity index (χ0n) is 31.7. The molecular weight excluding hydrogens is 1210 g/mol. The Labute approximate surface area is 424 Å². The van der Waals surface area contributed by atoms with Gasteiger partial charge in [-0.25, -0.2) is 8.42 Å². The minimum atomic E-state index is -1.75. The van der Waals surface area contributed by atoms with Crippen LogP contribution in [0.2, 0.25) is 0 Å². The van der Waals surface area contributed by atoms with E-state index in [1.165, 1.54) is 13.8 Å². The minimum absolute atomic E-state index is 0. The Bertz CT molecular complexity index is 2030. The van der Waals surface area contributed by atoms with E-state index in [-0.39, 0.29) is 87.3 Å². The first kappa shape index (κ1) is 69.1. The van der Waals surface area contributed by atoms with Crippen LogP contribution in [0.3, 0.4) is 0 Å². The Hall–Kier alpha value is -6.57. The van der Waals surface area contributed by atoms with Gasteiger partial charge in [0.25, 0.3) is 0 Å². The summed E-state index contributed by atoms with van der Waals surface area (Å²) in [6.45, 7) is 2.86. The summed E-state index contributed by atoms with van der Waals surface area (Å²) in [4.78, 5) is 58.0. The number of rotatable bonds is 4. The van der Waals surface area contributed by atoms with Crippen LogP contribution in [-0.4, -0.2) is 72.0 Å². The zero-order valence-corrected chi connectivity index (χ0v) is 37.4. The van der Waals surface area contributed by atoms with Crippen molar-refractivity contribution in [1.82, 2.24) is 19.9 Å². The van der Waals surface area contributed by atoms with Gasteiger partial charge in [0.05, 0.1) is 66.9 Å². The van der Waals surface area contributed by atoms with Crippen LogP contribution >= 0.6 is 0 Å². The van der Waals surface area contributed by atoms with E-state index >= 15 is 0 Å². The van der Waals surface area contributed by atoms with Crippen LogP contribution in [0.15, 0.2) is 116 Å². The van der Waals surface area contributed by atoms with E-state index in [1.54, 1.807) is 85.5 Å². The van der Waals surface area contributed by atoms with Crippen LogP contribution in [0.4, 0.5) is 0 Å². The van der Waals surface area contributed by atoms with E-state index in [2.05, 4.69) is 48.2 Å². The first-order valence-electron chi connectivity index (χ1n) is 14.6. The van der Waals surface area contributed by atoms with Crippen molar-refractivity contribution in [3.8, 4) is 12.1 Å². The fourth-order valence-electron chi connectivity index (χ4n) is 3.02. The SMILES string of the molecule is CC#N.CC#N.O=[N+]([O-])[O-].O=[N+]([O-])[O-].O=[N+]([O-])[O-].O=[N+]([O-])[O-].O=[S@@]1N=C(c2ccccn2)N=C(c2ccccn2)[N-]1.O=[S@]1N=C(c2ccccn2)N=C(c2ccccn2)[N-]1.[Dy+3].[Dy+3].[OH3+].[OH3+]. The van der Waals surface area contributed by atoms with E-state index in [0.29, 0.717) is 46.1 Å². The summed E-state index contributed by atoms with van der Waals surface area (Å²) in [5.74, 6) is 1.20. The number of pyridine rings is 4. The summed E-state index contributed by atoms with van der Waals surface area (Å²) in [6, 6.07) is 24.9. The molecule has 36 heteroatoms. The standard InChI is InChI=1S/2C12H8N5OS.2C2H3N.2Dy.4NO3.2H2O/c2*18-19-16-11(9-5-1-3-7-13-9)15-12(17-19)10-6-2-4-8-14-10;2*1-2-3;;;4*2-1(3)4;;/h2*1-8H;2*1H3;;;;;;;2*1H2/q2*-1;;;2*+3;4*-1;;/p+2. The number of amidine groups is 4. The van der Waals surface area contributed by atoms with Crippen molar-refractivity contribution < 1.29 is 116 Å². The van der Waals surface area contributed by atoms with E-state index in [0.717, 1.165) is 0 Å². The van der Waals surface area contributed by atoms with Crippen LogP contribution in [0.1, 0.15) is 36.6 Å². The van der Waals surface area contributed by atoms with Crippen LogP contribution in [-0.2, 0) is 33.3 Å².